The first-order valence-electron chi connectivity index (χ1n) is 9.13. The van der Waals surface area contributed by atoms with Crippen molar-refractivity contribution < 1.29 is 52.1 Å². The van der Waals surface area contributed by atoms with Gasteiger partial charge in [-0.3, -0.25) is 4.79 Å². The number of carbonyl (C=O) groups is 1. The van der Waals surface area contributed by atoms with Crippen molar-refractivity contribution in [3.8, 4) is 0 Å². The van der Waals surface area contributed by atoms with Crippen molar-refractivity contribution in [3.63, 3.8) is 0 Å². The summed E-state index contributed by atoms with van der Waals surface area (Å²) < 4.78 is 10.3. The van der Waals surface area contributed by atoms with Crippen molar-refractivity contribution in [1.29, 1.82) is 0 Å². The number of amides is 1. The molecule has 0 aromatic heterocycles. The topological polar surface area (TPSA) is 168 Å². The predicted octanol–water partition coefficient (Wildman–Crippen LogP) is 0.640. The molecule has 0 saturated heterocycles. The molecule has 0 rings (SSSR count). The third-order valence-corrected chi connectivity index (χ3v) is 2.76. The van der Waals surface area contributed by atoms with Crippen LogP contribution in [0.3, 0.4) is 0 Å². The van der Waals surface area contributed by atoms with Crippen LogP contribution in [0.2, 0.25) is 0 Å². The number of ether oxygens (including phenoxy) is 2. The number of nitrogens with two attached hydrogens (primary N) is 2. The van der Waals surface area contributed by atoms with Crippen molar-refractivity contribution in [1.82, 2.24) is 5.32 Å². The monoisotopic (exact) mass is 478 g/mol. The van der Waals surface area contributed by atoms with E-state index >= 15 is 0 Å². The van der Waals surface area contributed by atoms with E-state index in [0.717, 1.165) is 0 Å². The van der Waals surface area contributed by atoms with Gasteiger partial charge in [0.25, 0.3) is 0 Å². The molecule has 1 amide bonds. The Morgan fingerprint density at radius 2 is 1.68 bits per heavy atom. The van der Waals surface area contributed by atoms with Gasteiger partial charge in [-0.05, 0) is 13.3 Å². The molecule has 10 nitrogen and oxygen atoms in total. The zero-order chi connectivity index (χ0) is 20.9. The number of nitrogens with one attached hydrogen (secondary N) is 2. The summed E-state index contributed by atoms with van der Waals surface area (Å²) in [5.41, 5.74) is 17.6. The maximum absolute atomic E-state index is 11.5. The summed E-state index contributed by atoms with van der Waals surface area (Å²) in [6.07, 6.45) is 1.44. The fourth-order valence-corrected chi connectivity index (χ4v) is 1.36. The molecule has 0 aliphatic heterocycles. The van der Waals surface area contributed by atoms with E-state index < -0.39 is 0 Å². The molecule has 11 heteroatoms. The van der Waals surface area contributed by atoms with E-state index in [1.165, 1.54) is 0 Å². The molecule has 0 atom stereocenters. The normalized spacial score (nSPS) is 11.5. The van der Waals surface area contributed by atoms with Gasteiger partial charge < -0.3 is 37.1 Å². The molecule has 0 saturated carbocycles. The van der Waals surface area contributed by atoms with Crippen molar-refractivity contribution in [2.45, 2.75) is 40.0 Å². The van der Waals surface area contributed by atoms with Gasteiger partial charge in [-0.2, -0.15) is 0 Å². The van der Waals surface area contributed by atoms with Gasteiger partial charge in [0.1, 0.15) is 11.7 Å². The molecule has 0 aromatic rings. The minimum Gasteiger partial charge on any atom is -0.677 e. The van der Waals surface area contributed by atoms with E-state index in [4.69, 9.17) is 31.8 Å². The molecule has 0 aliphatic rings. The van der Waals surface area contributed by atoms with Gasteiger partial charge in [0.15, 0.2) is 0 Å². The van der Waals surface area contributed by atoms with E-state index in [0.29, 0.717) is 76.4 Å². The van der Waals surface area contributed by atoms with Gasteiger partial charge in [-0.25, -0.2) is 0 Å². The zero-order valence-corrected chi connectivity index (χ0v) is 20.3. The summed E-state index contributed by atoms with van der Waals surface area (Å²) in [6.45, 7) is 8.28. The molecule has 7 N–H and O–H groups in total. The predicted molar refractivity (Wildman–Crippen MR) is 109 cm³/mol. The van der Waals surface area contributed by atoms with Crippen LogP contribution >= 0.6 is 0 Å². The first-order chi connectivity index (χ1) is 12.8. The fraction of sp³-hybridized carbons (Fsp3) is 0.824. The Balaban J connectivity index is -0.000000918. The van der Waals surface area contributed by atoms with E-state index in [1.54, 1.807) is 6.92 Å². The number of hydrogen-bond donors (Lipinski definition) is 4. The number of rotatable bonds is 14. The summed E-state index contributed by atoms with van der Waals surface area (Å²) >= 11 is 0. The molecular weight excluding hydrogens is 441 g/mol. The number of aliphatic hydroxyl groups is 1. The smallest absolute Gasteiger partial charge is 0.220 e. The van der Waals surface area contributed by atoms with Crippen LogP contribution in [0.25, 0.3) is 5.73 Å². The Hall–Kier alpha value is -0.646. The molecule has 1 radical (unpaired) electrons. The van der Waals surface area contributed by atoms with Crippen LogP contribution < -0.4 is 16.8 Å². The van der Waals surface area contributed by atoms with Gasteiger partial charge in [0.05, 0.1) is 33.0 Å². The molecule has 0 spiro atoms. The van der Waals surface area contributed by atoms with Gasteiger partial charge in [0.2, 0.25) is 5.91 Å². The van der Waals surface area contributed by atoms with Gasteiger partial charge >= 0.3 is 0 Å². The quantitative estimate of drug-likeness (QED) is 0.124. The van der Waals surface area contributed by atoms with Gasteiger partial charge in [-0.1, -0.05) is 19.8 Å². The Morgan fingerprint density at radius 1 is 1.11 bits per heavy atom. The first-order valence-corrected chi connectivity index (χ1v) is 9.13. The van der Waals surface area contributed by atoms with Crippen molar-refractivity contribution in [3.05, 3.63) is 5.73 Å². The van der Waals surface area contributed by atoms with E-state index in [2.05, 4.69) is 15.5 Å². The third-order valence-electron chi connectivity index (χ3n) is 2.76. The summed E-state index contributed by atoms with van der Waals surface area (Å²) in [7, 11) is 0. The summed E-state index contributed by atoms with van der Waals surface area (Å²) in [6, 6.07) is 0. The van der Waals surface area contributed by atoms with Gasteiger partial charge in [0, 0.05) is 52.1 Å². The first kappa shape index (κ1) is 32.0. The number of amidine groups is 2. The van der Waals surface area contributed by atoms with E-state index in [9.17, 15) is 4.79 Å². The molecule has 0 bridgehead atoms. The Morgan fingerprint density at radius 3 is 2.18 bits per heavy atom. The summed E-state index contributed by atoms with van der Waals surface area (Å²) in [5, 5.41) is 18.6. The van der Waals surface area contributed by atoms with Crippen molar-refractivity contribution in [2.75, 3.05) is 46.1 Å². The van der Waals surface area contributed by atoms with Crippen LogP contribution in [0, 0.1) is 5.92 Å². The van der Waals surface area contributed by atoms with Crippen LogP contribution in [0.1, 0.15) is 40.0 Å². The minimum atomic E-state index is -0.0635. The van der Waals surface area contributed by atoms with Crippen LogP contribution in [-0.2, 0) is 47.0 Å². The Kier molecular flexibility index (Phi) is 27.9. The standard InChI is InChI=1S/C13H27N5O4.C4H10N.Y/c1-11(14)17-18-12(15)3-2-4-13(20)16-5-7-21-9-10-22-8-6-19;1-4(2)3-5;/h19H,2-10H2,1H3,(H2,14,17)(H2,15,18)(H,16,20);4-5H,3H2,1-2H3;/q;-1;. The van der Waals surface area contributed by atoms with Crippen LogP contribution in [0.15, 0.2) is 10.2 Å². The minimum absolute atomic E-state index is 0. The van der Waals surface area contributed by atoms with Crippen molar-refractivity contribution in [2.24, 2.45) is 27.6 Å². The summed E-state index contributed by atoms with van der Waals surface area (Å²) in [4.78, 5) is 11.5. The molecule has 163 valence electrons. The SMILES string of the molecule is C/C(N)=N/N=C(\N)CCCC(=O)NCCOCCOCCO.CC(C)C[NH-].[Y]. The maximum Gasteiger partial charge on any atom is 0.220 e. The van der Waals surface area contributed by atoms with Gasteiger partial charge in [-0.15, -0.1) is 16.7 Å². The molecule has 28 heavy (non-hydrogen) atoms. The van der Waals surface area contributed by atoms with Crippen LogP contribution in [0.4, 0.5) is 0 Å². The Labute approximate surface area is 193 Å². The van der Waals surface area contributed by atoms with E-state index in [-0.39, 0.29) is 45.2 Å². The second-order valence-electron chi connectivity index (χ2n) is 6.08. The average Bonchev–Trinajstić information content (AvgIpc) is 2.62. The Bertz CT molecular complexity index is 418. The summed E-state index contributed by atoms with van der Waals surface area (Å²) in [5.74, 6) is 1.17. The van der Waals surface area contributed by atoms with Crippen LogP contribution in [0.5, 0.6) is 0 Å². The second-order valence-corrected chi connectivity index (χ2v) is 6.08. The molecule has 0 aromatic carbocycles. The maximum atomic E-state index is 11.5. The number of carbonyl (C=O) groups excluding carboxylic acids is 1. The number of nitrogens with zero attached hydrogens (tertiary/aromatic N) is 2. The molecular formula is C17H37N6O4Y-. The molecule has 0 unspecified atom stereocenters. The average molecular weight is 478 g/mol. The number of hydrogen-bond acceptors (Lipinski definition) is 6. The van der Waals surface area contributed by atoms with E-state index in [1.807, 2.05) is 13.8 Å². The molecule has 0 aliphatic carbocycles. The largest absolute Gasteiger partial charge is 0.677 e. The molecule has 0 fully saturated rings. The second kappa shape index (κ2) is 24.4. The third kappa shape index (κ3) is 30.1. The van der Waals surface area contributed by atoms with Crippen LogP contribution in [-0.4, -0.2) is 68.8 Å². The van der Waals surface area contributed by atoms with Crippen molar-refractivity contribution >= 4 is 17.6 Å². The fourth-order valence-electron chi connectivity index (χ4n) is 1.36. The molecule has 0 heterocycles. The zero-order valence-electron chi connectivity index (χ0n) is 17.4. The number of aliphatic hydroxyl groups excluding tert-OH is 1.